The SMILES string of the molecule is CCCCN1C(=O)[C@@H]([C@H](O)C2CCCCC2)NC(=O)C12CCN(C1(C)CCN(C(=O)c3c(C)cc[n+](O)c3C)CC1)CC2. The zero-order valence-electron chi connectivity index (χ0n) is 26.6. The number of hydrogen-bond acceptors (Lipinski definition) is 6. The Labute approximate surface area is 256 Å². The molecule has 0 aromatic carbocycles. The van der Waals surface area contributed by atoms with Gasteiger partial charge in [-0.2, -0.15) is 0 Å². The molecule has 10 nitrogen and oxygen atoms in total. The maximum Gasteiger partial charge on any atom is 0.260 e. The second-order valence-corrected chi connectivity index (χ2v) is 13.8. The number of hydrogen-bond donors (Lipinski definition) is 3. The Morgan fingerprint density at radius 2 is 1.72 bits per heavy atom. The van der Waals surface area contributed by atoms with Gasteiger partial charge in [-0.05, 0) is 70.3 Å². The molecule has 1 saturated carbocycles. The monoisotopic (exact) mass is 598 g/mol. The minimum Gasteiger partial charge on any atom is -0.390 e. The highest BCUT2D eigenvalue weighted by Crippen LogP contribution is 2.40. The van der Waals surface area contributed by atoms with Gasteiger partial charge in [-0.1, -0.05) is 32.6 Å². The first-order valence-corrected chi connectivity index (χ1v) is 16.6. The van der Waals surface area contributed by atoms with Crippen molar-refractivity contribution in [3.8, 4) is 0 Å². The van der Waals surface area contributed by atoms with Crippen LogP contribution in [-0.4, -0.2) is 98.7 Å². The van der Waals surface area contributed by atoms with Crippen molar-refractivity contribution in [2.24, 2.45) is 5.92 Å². The fraction of sp³-hybridized carbons (Fsp3) is 0.758. The predicted octanol–water partition coefficient (Wildman–Crippen LogP) is 2.73. The van der Waals surface area contributed by atoms with E-state index in [9.17, 15) is 24.7 Å². The lowest BCUT2D eigenvalue weighted by Crippen LogP contribution is -2.75. The number of piperazine rings is 1. The van der Waals surface area contributed by atoms with Gasteiger partial charge in [0.05, 0.1) is 6.10 Å². The van der Waals surface area contributed by atoms with E-state index in [0.717, 1.165) is 61.7 Å². The summed E-state index contributed by atoms with van der Waals surface area (Å²) in [5.41, 5.74) is 0.963. The van der Waals surface area contributed by atoms with Crippen LogP contribution in [0, 0.1) is 19.8 Å². The lowest BCUT2D eigenvalue weighted by Gasteiger charge is -2.56. The van der Waals surface area contributed by atoms with Crippen molar-refractivity contribution in [3.63, 3.8) is 0 Å². The number of nitrogens with zero attached hydrogens (tertiary/aromatic N) is 4. The number of aliphatic hydroxyl groups is 1. The number of nitrogens with one attached hydrogen (secondary N) is 1. The Balaban J connectivity index is 1.25. The molecule has 3 aliphatic heterocycles. The van der Waals surface area contributed by atoms with Crippen molar-refractivity contribution >= 4 is 17.7 Å². The van der Waals surface area contributed by atoms with Crippen molar-refractivity contribution in [2.45, 2.75) is 122 Å². The van der Waals surface area contributed by atoms with Crippen LogP contribution in [0.5, 0.6) is 0 Å². The summed E-state index contributed by atoms with van der Waals surface area (Å²) in [6.45, 7) is 11.2. The fourth-order valence-corrected chi connectivity index (χ4v) is 8.14. The number of unbranched alkanes of at least 4 members (excludes halogenated alkanes) is 1. The molecule has 0 radical (unpaired) electrons. The normalized spacial score (nSPS) is 25.6. The van der Waals surface area contributed by atoms with Gasteiger partial charge in [-0.3, -0.25) is 24.5 Å². The number of piperidine rings is 2. The summed E-state index contributed by atoms with van der Waals surface area (Å²) in [6.07, 6.45) is 10.3. The average Bonchev–Trinajstić information content (AvgIpc) is 3.01. The third-order valence-corrected chi connectivity index (χ3v) is 11.2. The largest absolute Gasteiger partial charge is 0.390 e. The fourth-order valence-electron chi connectivity index (χ4n) is 8.14. The van der Waals surface area contributed by atoms with Gasteiger partial charge in [0.1, 0.15) is 17.1 Å². The van der Waals surface area contributed by atoms with Crippen LogP contribution in [0.15, 0.2) is 12.3 Å². The highest BCUT2D eigenvalue weighted by Gasteiger charge is 2.56. The van der Waals surface area contributed by atoms with E-state index in [4.69, 9.17) is 0 Å². The minimum absolute atomic E-state index is 0.0491. The Morgan fingerprint density at radius 3 is 2.35 bits per heavy atom. The highest BCUT2D eigenvalue weighted by atomic mass is 16.5. The topological polar surface area (TPSA) is 117 Å². The van der Waals surface area contributed by atoms with Crippen LogP contribution >= 0.6 is 0 Å². The average molecular weight is 599 g/mol. The highest BCUT2D eigenvalue weighted by molar-refractivity contribution is 6.00. The van der Waals surface area contributed by atoms with Gasteiger partial charge in [0, 0.05) is 56.0 Å². The smallest absolute Gasteiger partial charge is 0.260 e. The Bertz CT molecular complexity index is 1200. The second kappa shape index (κ2) is 12.7. The van der Waals surface area contributed by atoms with Crippen molar-refractivity contribution in [1.29, 1.82) is 0 Å². The molecule has 238 valence electrons. The van der Waals surface area contributed by atoms with Crippen LogP contribution in [0.2, 0.25) is 0 Å². The van der Waals surface area contributed by atoms with Crippen LogP contribution in [0.3, 0.4) is 0 Å². The third kappa shape index (κ3) is 5.89. The molecule has 4 heterocycles. The summed E-state index contributed by atoms with van der Waals surface area (Å²) in [4.78, 5) is 47.5. The molecular weight excluding hydrogens is 546 g/mol. The first kappa shape index (κ1) is 31.7. The van der Waals surface area contributed by atoms with Gasteiger partial charge in [-0.25, -0.2) is 0 Å². The molecule has 3 amide bonds. The molecule has 2 atom stereocenters. The molecule has 1 spiro atoms. The van der Waals surface area contributed by atoms with E-state index in [2.05, 4.69) is 24.1 Å². The molecule has 1 aromatic heterocycles. The van der Waals surface area contributed by atoms with Gasteiger partial charge in [0.15, 0.2) is 0 Å². The van der Waals surface area contributed by atoms with Crippen molar-refractivity contribution in [2.75, 3.05) is 32.7 Å². The van der Waals surface area contributed by atoms with Crippen LogP contribution in [0.1, 0.15) is 106 Å². The molecule has 43 heavy (non-hydrogen) atoms. The molecule has 10 heteroatoms. The number of aryl methyl sites for hydroxylation is 1. The first-order chi connectivity index (χ1) is 20.5. The number of aliphatic hydroxyl groups excluding tert-OH is 1. The molecule has 3 saturated heterocycles. The van der Waals surface area contributed by atoms with Gasteiger partial charge >= 0.3 is 0 Å². The Morgan fingerprint density at radius 1 is 1.07 bits per heavy atom. The molecule has 0 unspecified atom stereocenters. The summed E-state index contributed by atoms with van der Waals surface area (Å²) in [7, 11) is 0. The number of rotatable bonds is 7. The van der Waals surface area contributed by atoms with Gasteiger partial charge in [0.25, 0.3) is 5.91 Å². The van der Waals surface area contributed by atoms with Crippen LogP contribution < -0.4 is 10.0 Å². The number of pyridine rings is 1. The van der Waals surface area contributed by atoms with Crippen molar-refractivity contribution in [3.05, 3.63) is 29.1 Å². The summed E-state index contributed by atoms with van der Waals surface area (Å²) < 4.78 is 1.01. The molecule has 4 aliphatic rings. The van der Waals surface area contributed by atoms with Crippen molar-refractivity contribution in [1.82, 2.24) is 20.0 Å². The van der Waals surface area contributed by atoms with Gasteiger partial charge in [-0.15, -0.1) is 0 Å². The third-order valence-electron chi connectivity index (χ3n) is 11.2. The van der Waals surface area contributed by atoms with E-state index in [1.165, 1.54) is 6.42 Å². The van der Waals surface area contributed by atoms with Crippen LogP contribution in [-0.2, 0) is 9.59 Å². The number of likely N-dealkylation sites (tertiary alicyclic amines) is 2. The van der Waals surface area contributed by atoms with E-state index in [1.807, 2.05) is 16.7 Å². The first-order valence-electron chi connectivity index (χ1n) is 16.6. The number of carbonyl (C=O) groups is 3. The predicted molar refractivity (Wildman–Crippen MR) is 162 cm³/mol. The van der Waals surface area contributed by atoms with E-state index >= 15 is 0 Å². The summed E-state index contributed by atoms with van der Waals surface area (Å²) >= 11 is 0. The molecule has 3 N–H and O–H groups in total. The number of amides is 3. The van der Waals surface area contributed by atoms with E-state index in [0.29, 0.717) is 56.8 Å². The van der Waals surface area contributed by atoms with Crippen molar-refractivity contribution < 1.29 is 29.4 Å². The molecule has 1 aromatic rings. The Hall–Kier alpha value is -2.72. The molecule has 1 aliphatic carbocycles. The lowest BCUT2D eigenvalue weighted by molar-refractivity contribution is -0.908. The zero-order chi connectivity index (χ0) is 30.9. The minimum atomic E-state index is -0.874. The van der Waals surface area contributed by atoms with Gasteiger partial charge < -0.3 is 20.2 Å². The summed E-state index contributed by atoms with van der Waals surface area (Å²) in [5.74, 6) is -0.216. The lowest BCUT2D eigenvalue weighted by atomic mass is 9.76. The number of carbonyl (C=O) groups excluding carboxylic acids is 3. The van der Waals surface area contributed by atoms with Crippen LogP contribution in [0.25, 0.3) is 0 Å². The maximum absolute atomic E-state index is 13.9. The summed E-state index contributed by atoms with van der Waals surface area (Å²) in [6, 6.07) is 0.903. The van der Waals surface area contributed by atoms with Crippen LogP contribution in [0.4, 0.5) is 0 Å². The molecular formula is C33H52N5O5+. The molecule has 4 fully saturated rings. The van der Waals surface area contributed by atoms with E-state index in [-0.39, 0.29) is 29.2 Å². The standard InChI is InChI=1S/C33H51N5O5/c1-5-6-17-37-30(41)27(28(39)25-10-8-7-9-11-25)34-31(42)33(37)15-21-36(22-16-33)32(4)13-19-35(20-14-32)29(40)26-23(2)12-18-38(43)24(26)3/h12,18,25,27-28,39H,5-11,13-17,19-22H2,1-4H3,(H-,34,42,43)/p+1/t27-,28-/m1/s1. The quantitative estimate of drug-likeness (QED) is 0.328. The van der Waals surface area contributed by atoms with Gasteiger partial charge in [0.2, 0.25) is 23.7 Å². The second-order valence-electron chi connectivity index (χ2n) is 13.8. The number of aromatic nitrogens is 1. The molecule has 5 rings (SSSR count). The Kier molecular flexibility index (Phi) is 9.37. The summed E-state index contributed by atoms with van der Waals surface area (Å²) in [5, 5.41) is 24.4. The maximum atomic E-state index is 13.9. The van der Waals surface area contributed by atoms with E-state index in [1.54, 1.807) is 19.2 Å². The zero-order valence-corrected chi connectivity index (χ0v) is 26.6. The van der Waals surface area contributed by atoms with E-state index < -0.39 is 17.7 Å². The molecule has 0 bridgehead atoms.